The van der Waals surface area contributed by atoms with Crippen LogP contribution in [0.15, 0.2) is 23.0 Å². The lowest BCUT2D eigenvalue weighted by Gasteiger charge is -2.25. The first-order valence-electron chi connectivity index (χ1n) is 6.03. The number of imidazole rings is 1. The van der Waals surface area contributed by atoms with E-state index in [1.165, 1.54) is 0 Å². The van der Waals surface area contributed by atoms with Gasteiger partial charge in [-0.1, -0.05) is 6.07 Å². The molecule has 0 aliphatic heterocycles. The first kappa shape index (κ1) is 13.4. The third kappa shape index (κ3) is 2.85. The number of nitrogens with two attached hydrogens (primary N) is 1. The molecule has 6 nitrogen and oxygen atoms in total. The number of nitrogens with zero attached hydrogens (tertiary/aromatic N) is 1. The Morgan fingerprint density at radius 1 is 1.32 bits per heavy atom. The maximum Gasteiger partial charge on any atom is 0.323 e. The second-order valence-corrected chi connectivity index (χ2v) is 5.34. The van der Waals surface area contributed by atoms with Crippen molar-refractivity contribution in [1.29, 1.82) is 0 Å². The van der Waals surface area contributed by atoms with Gasteiger partial charge >= 0.3 is 5.69 Å². The summed E-state index contributed by atoms with van der Waals surface area (Å²) in [5.41, 5.74) is 7.08. The molecule has 2 rings (SSSR count). The molecule has 0 spiro atoms. The number of nitrogens with one attached hydrogen (secondary N) is 2. The lowest BCUT2D eigenvalue weighted by molar-refractivity contribution is -0.134. The van der Waals surface area contributed by atoms with E-state index in [0.717, 1.165) is 16.6 Å². The molecule has 0 bridgehead atoms. The summed E-state index contributed by atoms with van der Waals surface area (Å²) in [6.07, 6.45) is 0. The van der Waals surface area contributed by atoms with Crippen LogP contribution >= 0.6 is 0 Å². The smallest absolute Gasteiger partial charge is 0.323 e. The van der Waals surface area contributed by atoms with Crippen LogP contribution in [0.1, 0.15) is 19.4 Å². The van der Waals surface area contributed by atoms with Crippen molar-refractivity contribution in [3.8, 4) is 0 Å². The first-order valence-corrected chi connectivity index (χ1v) is 6.03. The summed E-state index contributed by atoms with van der Waals surface area (Å²) in [7, 11) is 1.71. The van der Waals surface area contributed by atoms with Gasteiger partial charge in [-0.3, -0.25) is 4.79 Å². The minimum atomic E-state index is -0.888. The average Bonchev–Trinajstić information content (AvgIpc) is 2.66. The van der Waals surface area contributed by atoms with Crippen molar-refractivity contribution in [3.05, 3.63) is 34.2 Å². The fraction of sp³-hybridized carbons (Fsp3) is 0.385. The Morgan fingerprint density at radius 2 is 1.95 bits per heavy atom. The molecule has 0 saturated heterocycles. The molecule has 19 heavy (non-hydrogen) atoms. The van der Waals surface area contributed by atoms with Crippen molar-refractivity contribution in [2.45, 2.75) is 25.9 Å². The number of carbonyl (C=O) groups excluding carboxylic acids is 1. The predicted molar refractivity (Wildman–Crippen MR) is 73.7 cm³/mol. The number of benzene rings is 1. The zero-order chi connectivity index (χ0) is 14.2. The molecule has 0 unspecified atom stereocenters. The van der Waals surface area contributed by atoms with Crippen molar-refractivity contribution in [3.63, 3.8) is 0 Å². The molecule has 1 aromatic heterocycles. The molecule has 0 aliphatic rings. The van der Waals surface area contributed by atoms with E-state index in [9.17, 15) is 9.59 Å². The standard InChI is InChI=1S/C13H18N4O2/c1-13(2,14)11(18)17(3)7-8-4-5-9-10(6-8)16-12(19)15-9/h4-6H,7,14H2,1-3H3,(H2,15,16,19). The summed E-state index contributed by atoms with van der Waals surface area (Å²) in [6, 6.07) is 5.54. The highest BCUT2D eigenvalue weighted by atomic mass is 16.2. The van der Waals surface area contributed by atoms with E-state index in [4.69, 9.17) is 5.73 Å². The highest BCUT2D eigenvalue weighted by Crippen LogP contribution is 2.13. The number of amides is 1. The zero-order valence-electron chi connectivity index (χ0n) is 11.3. The first-order chi connectivity index (χ1) is 8.77. The normalized spacial score (nSPS) is 11.8. The van der Waals surface area contributed by atoms with E-state index < -0.39 is 5.54 Å². The predicted octanol–water partition coefficient (Wildman–Crippen LogP) is 0.552. The molecule has 0 fully saturated rings. The molecule has 0 atom stereocenters. The average molecular weight is 262 g/mol. The van der Waals surface area contributed by atoms with Crippen LogP contribution in [0.3, 0.4) is 0 Å². The van der Waals surface area contributed by atoms with Gasteiger partial charge in [-0.25, -0.2) is 4.79 Å². The SMILES string of the molecule is CN(Cc1ccc2[nH]c(=O)[nH]c2c1)C(=O)C(C)(C)N. The van der Waals surface area contributed by atoms with E-state index in [1.54, 1.807) is 25.8 Å². The second kappa shape index (κ2) is 4.55. The van der Waals surface area contributed by atoms with Gasteiger partial charge in [-0.2, -0.15) is 0 Å². The Morgan fingerprint density at radius 3 is 2.58 bits per heavy atom. The monoisotopic (exact) mass is 262 g/mol. The summed E-state index contributed by atoms with van der Waals surface area (Å²) in [6.45, 7) is 3.81. The number of aromatic nitrogens is 2. The van der Waals surface area contributed by atoms with Crippen LogP contribution < -0.4 is 11.4 Å². The van der Waals surface area contributed by atoms with E-state index in [0.29, 0.717) is 6.54 Å². The summed E-state index contributed by atoms with van der Waals surface area (Å²) in [5, 5.41) is 0. The molecule has 102 valence electrons. The number of hydrogen-bond acceptors (Lipinski definition) is 3. The summed E-state index contributed by atoms with van der Waals surface area (Å²) >= 11 is 0. The van der Waals surface area contributed by atoms with E-state index in [2.05, 4.69) is 9.97 Å². The molecule has 1 heterocycles. The van der Waals surface area contributed by atoms with Crippen LogP contribution in [-0.2, 0) is 11.3 Å². The molecule has 1 aromatic carbocycles. The Bertz CT molecular complexity index is 663. The molecule has 6 heteroatoms. The van der Waals surface area contributed by atoms with Gasteiger partial charge in [0.25, 0.3) is 0 Å². The number of likely N-dealkylation sites (N-methyl/N-ethyl adjacent to an activating group) is 1. The lowest BCUT2D eigenvalue weighted by atomic mass is 10.1. The van der Waals surface area contributed by atoms with Crippen LogP contribution in [0.2, 0.25) is 0 Å². The number of H-pyrrole nitrogens is 2. The van der Waals surface area contributed by atoms with E-state index in [-0.39, 0.29) is 11.6 Å². The van der Waals surface area contributed by atoms with Crippen LogP contribution in [0.25, 0.3) is 11.0 Å². The third-order valence-electron chi connectivity index (χ3n) is 2.90. The third-order valence-corrected chi connectivity index (χ3v) is 2.90. The number of hydrogen-bond donors (Lipinski definition) is 3. The van der Waals surface area contributed by atoms with Gasteiger partial charge in [0.1, 0.15) is 0 Å². The van der Waals surface area contributed by atoms with Gasteiger partial charge in [-0.05, 0) is 31.5 Å². The Labute approximate surface area is 110 Å². The van der Waals surface area contributed by atoms with Crippen LogP contribution in [0, 0.1) is 0 Å². The maximum atomic E-state index is 12.0. The molecule has 4 N–H and O–H groups in total. The molecule has 0 radical (unpaired) electrons. The van der Waals surface area contributed by atoms with Crippen molar-refractivity contribution in [2.24, 2.45) is 5.73 Å². The van der Waals surface area contributed by atoms with Gasteiger partial charge in [-0.15, -0.1) is 0 Å². The Balaban J connectivity index is 2.21. The van der Waals surface area contributed by atoms with Crippen LogP contribution in [-0.4, -0.2) is 33.4 Å². The van der Waals surface area contributed by atoms with Gasteiger partial charge in [0.15, 0.2) is 0 Å². The zero-order valence-corrected chi connectivity index (χ0v) is 11.3. The van der Waals surface area contributed by atoms with Gasteiger partial charge in [0, 0.05) is 13.6 Å². The fourth-order valence-electron chi connectivity index (χ4n) is 2.02. The Kier molecular flexibility index (Phi) is 3.20. The Hall–Kier alpha value is -2.08. The van der Waals surface area contributed by atoms with Crippen molar-refractivity contribution < 1.29 is 4.79 Å². The quantitative estimate of drug-likeness (QED) is 0.754. The minimum absolute atomic E-state index is 0.129. The van der Waals surface area contributed by atoms with Crippen LogP contribution in [0.4, 0.5) is 0 Å². The highest BCUT2D eigenvalue weighted by molar-refractivity contribution is 5.85. The largest absolute Gasteiger partial charge is 0.340 e. The summed E-state index contributed by atoms with van der Waals surface area (Å²) < 4.78 is 0. The molecular weight excluding hydrogens is 244 g/mol. The second-order valence-electron chi connectivity index (χ2n) is 5.34. The van der Waals surface area contributed by atoms with Crippen LogP contribution in [0.5, 0.6) is 0 Å². The number of rotatable bonds is 3. The topological polar surface area (TPSA) is 95.0 Å². The molecule has 0 saturated carbocycles. The molecule has 2 aromatic rings. The van der Waals surface area contributed by atoms with Crippen molar-refractivity contribution in [1.82, 2.24) is 14.9 Å². The minimum Gasteiger partial charge on any atom is -0.340 e. The molecule has 1 amide bonds. The van der Waals surface area contributed by atoms with E-state index in [1.807, 2.05) is 18.2 Å². The fourth-order valence-corrected chi connectivity index (χ4v) is 2.02. The van der Waals surface area contributed by atoms with Gasteiger partial charge < -0.3 is 20.6 Å². The van der Waals surface area contributed by atoms with Crippen molar-refractivity contribution in [2.75, 3.05) is 7.05 Å². The van der Waals surface area contributed by atoms with Crippen molar-refractivity contribution >= 4 is 16.9 Å². The lowest BCUT2D eigenvalue weighted by Crippen LogP contribution is -2.49. The number of fused-ring (bicyclic) bond motifs is 1. The number of carbonyl (C=O) groups is 1. The van der Waals surface area contributed by atoms with E-state index >= 15 is 0 Å². The number of aromatic amines is 2. The van der Waals surface area contributed by atoms with Gasteiger partial charge in [0.2, 0.25) is 5.91 Å². The molecular formula is C13H18N4O2. The molecule has 0 aliphatic carbocycles. The van der Waals surface area contributed by atoms with Gasteiger partial charge in [0.05, 0.1) is 16.6 Å². The highest BCUT2D eigenvalue weighted by Gasteiger charge is 2.25. The summed E-state index contributed by atoms with van der Waals surface area (Å²) in [5.74, 6) is -0.129. The summed E-state index contributed by atoms with van der Waals surface area (Å²) in [4.78, 5) is 30.1. The maximum absolute atomic E-state index is 12.0.